The number of hydrogen-bond acceptors (Lipinski definition) is 1. The lowest BCUT2D eigenvalue weighted by Gasteiger charge is -2.58. The quantitative estimate of drug-likeness (QED) is 0.560. The smallest absolute Gasteiger partial charge is 0.0577 e. The Morgan fingerprint density at radius 2 is 1.79 bits per heavy atom. The van der Waals surface area contributed by atoms with Crippen molar-refractivity contribution in [3.05, 3.63) is 47.5 Å². The average molecular weight is 393 g/mol. The van der Waals surface area contributed by atoms with E-state index in [1.54, 1.807) is 5.57 Å². The van der Waals surface area contributed by atoms with Gasteiger partial charge in [0.2, 0.25) is 0 Å². The lowest BCUT2D eigenvalue weighted by Crippen LogP contribution is -2.50. The van der Waals surface area contributed by atoms with E-state index >= 15 is 0 Å². The molecule has 1 aromatic rings. The summed E-state index contributed by atoms with van der Waals surface area (Å²) in [5.74, 6) is 4.30. The predicted molar refractivity (Wildman–Crippen MR) is 121 cm³/mol. The summed E-state index contributed by atoms with van der Waals surface area (Å²) in [4.78, 5) is 0. The third-order valence-corrected chi connectivity index (χ3v) is 10.2. The van der Waals surface area contributed by atoms with Gasteiger partial charge in [-0.1, -0.05) is 62.8 Å². The van der Waals surface area contributed by atoms with Crippen LogP contribution in [0.5, 0.6) is 0 Å². The first-order valence-corrected chi connectivity index (χ1v) is 12.3. The van der Waals surface area contributed by atoms with Crippen molar-refractivity contribution in [1.82, 2.24) is 0 Å². The molecule has 4 aliphatic rings. The molecule has 0 heterocycles. The minimum atomic E-state index is -0.0885. The minimum Gasteiger partial charge on any atom is -0.393 e. The van der Waals surface area contributed by atoms with E-state index in [9.17, 15) is 5.11 Å². The summed E-state index contributed by atoms with van der Waals surface area (Å²) in [5.41, 5.74) is 4.02. The highest BCUT2D eigenvalue weighted by Crippen LogP contribution is 2.67. The van der Waals surface area contributed by atoms with Crippen LogP contribution in [0.3, 0.4) is 0 Å². The molecule has 1 N–H and O–H groups in total. The Balaban J connectivity index is 1.37. The number of rotatable bonds is 3. The zero-order chi connectivity index (χ0) is 20.2. The van der Waals surface area contributed by atoms with Gasteiger partial charge in [-0.05, 0) is 104 Å². The molecule has 0 amide bonds. The van der Waals surface area contributed by atoms with Gasteiger partial charge >= 0.3 is 0 Å². The van der Waals surface area contributed by atoms with E-state index in [4.69, 9.17) is 0 Å². The Kier molecular flexibility index (Phi) is 4.97. The van der Waals surface area contributed by atoms with E-state index < -0.39 is 0 Å². The highest BCUT2D eigenvalue weighted by molar-refractivity contribution is 5.25. The molecule has 0 spiro atoms. The van der Waals surface area contributed by atoms with E-state index in [0.29, 0.717) is 10.8 Å². The monoisotopic (exact) mass is 392 g/mol. The number of fused-ring (bicyclic) bond motifs is 5. The third-order valence-electron chi connectivity index (χ3n) is 10.2. The van der Waals surface area contributed by atoms with Crippen molar-refractivity contribution in [3.63, 3.8) is 0 Å². The van der Waals surface area contributed by atoms with Gasteiger partial charge in [0, 0.05) is 0 Å². The second-order valence-electron chi connectivity index (χ2n) is 11.6. The number of allylic oxidation sites excluding steroid dienone is 1. The molecule has 3 saturated carbocycles. The van der Waals surface area contributed by atoms with Crippen LogP contribution in [-0.2, 0) is 6.42 Å². The van der Waals surface area contributed by atoms with Crippen LogP contribution in [0.1, 0.15) is 77.7 Å². The molecule has 1 aromatic carbocycles. The molecule has 0 unspecified atom stereocenters. The Morgan fingerprint density at radius 3 is 2.59 bits per heavy atom. The SMILES string of the molecule is C[C@H](Cc1ccccc1)[C@H]1CC[C@H]2[C@@H]3CC=C4C[C@@H](O)CC[C@]4(C)[C@H]3CC[C@]12C. The Labute approximate surface area is 178 Å². The number of aliphatic hydroxyl groups is 1. The molecular weight excluding hydrogens is 352 g/mol. The van der Waals surface area contributed by atoms with E-state index in [0.717, 1.165) is 42.4 Å². The fraction of sp³-hybridized carbons (Fsp3) is 0.714. The van der Waals surface area contributed by atoms with E-state index in [-0.39, 0.29) is 6.10 Å². The molecule has 29 heavy (non-hydrogen) atoms. The molecule has 1 heteroatoms. The van der Waals surface area contributed by atoms with Crippen molar-refractivity contribution >= 4 is 0 Å². The maximum atomic E-state index is 10.2. The standard InChI is InChI=1S/C28H40O/c1-19(17-20-7-5-4-6-8-20)24-11-12-25-23-10-9-21-18-22(29)13-15-27(21,2)26(23)14-16-28(24,25)3/h4-9,19,22-26,29H,10-18H2,1-3H3/t19-,22+,23+,24-,25+,26+,27+,28-/m1/s1. The molecule has 158 valence electrons. The van der Waals surface area contributed by atoms with Gasteiger partial charge in [0.05, 0.1) is 6.10 Å². The van der Waals surface area contributed by atoms with Crippen molar-refractivity contribution in [2.75, 3.05) is 0 Å². The number of benzene rings is 1. The Morgan fingerprint density at radius 1 is 1.00 bits per heavy atom. The molecule has 1 nitrogen and oxygen atoms in total. The van der Waals surface area contributed by atoms with Gasteiger partial charge < -0.3 is 5.11 Å². The summed E-state index contributed by atoms with van der Waals surface area (Å²) < 4.78 is 0. The summed E-state index contributed by atoms with van der Waals surface area (Å²) in [6.45, 7) is 7.74. The highest BCUT2D eigenvalue weighted by atomic mass is 16.3. The second-order valence-corrected chi connectivity index (χ2v) is 11.6. The Bertz CT molecular complexity index is 766. The molecule has 8 atom stereocenters. The van der Waals surface area contributed by atoms with Crippen molar-refractivity contribution in [2.24, 2.45) is 40.4 Å². The van der Waals surface area contributed by atoms with Crippen LogP contribution in [-0.4, -0.2) is 11.2 Å². The first kappa shape index (κ1) is 19.9. The minimum absolute atomic E-state index is 0.0885. The van der Waals surface area contributed by atoms with Gasteiger partial charge in [0.1, 0.15) is 0 Å². The largest absolute Gasteiger partial charge is 0.393 e. The molecular formula is C28H40O. The predicted octanol–water partition coefficient (Wildman–Crippen LogP) is 6.81. The number of hydrogen-bond donors (Lipinski definition) is 1. The molecule has 5 rings (SSSR count). The van der Waals surface area contributed by atoms with Gasteiger partial charge in [-0.25, -0.2) is 0 Å². The van der Waals surface area contributed by atoms with Crippen molar-refractivity contribution < 1.29 is 5.11 Å². The average Bonchev–Trinajstić information content (AvgIpc) is 3.06. The maximum Gasteiger partial charge on any atom is 0.0577 e. The second kappa shape index (κ2) is 7.26. The first-order valence-electron chi connectivity index (χ1n) is 12.3. The van der Waals surface area contributed by atoms with Gasteiger partial charge in [0.15, 0.2) is 0 Å². The van der Waals surface area contributed by atoms with Crippen LogP contribution in [0.4, 0.5) is 0 Å². The summed E-state index contributed by atoms with van der Waals surface area (Å²) in [7, 11) is 0. The van der Waals surface area contributed by atoms with Gasteiger partial charge in [-0.15, -0.1) is 0 Å². The van der Waals surface area contributed by atoms with Gasteiger partial charge in [-0.2, -0.15) is 0 Å². The van der Waals surface area contributed by atoms with Crippen LogP contribution in [0.25, 0.3) is 0 Å². The van der Waals surface area contributed by atoms with Gasteiger partial charge in [-0.3, -0.25) is 0 Å². The summed E-state index contributed by atoms with van der Waals surface area (Å²) in [6, 6.07) is 11.2. The lowest BCUT2D eigenvalue weighted by atomic mass is 9.47. The fourth-order valence-corrected chi connectivity index (χ4v) is 8.75. The fourth-order valence-electron chi connectivity index (χ4n) is 8.75. The zero-order valence-electron chi connectivity index (χ0n) is 18.7. The third kappa shape index (κ3) is 3.14. The maximum absolute atomic E-state index is 10.2. The van der Waals surface area contributed by atoms with E-state index in [1.165, 1.54) is 50.5 Å². The molecule has 0 radical (unpaired) electrons. The molecule has 3 fully saturated rings. The van der Waals surface area contributed by atoms with Crippen molar-refractivity contribution in [3.8, 4) is 0 Å². The van der Waals surface area contributed by atoms with Crippen molar-refractivity contribution in [1.29, 1.82) is 0 Å². The molecule has 0 saturated heterocycles. The molecule has 0 bridgehead atoms. The van der Waals surface area contributed by atoms with E-state index in [2.05, 4.69) is 57.2 Å². The van der Waals surface area contributed by atoms with Crippen LogP contribution in [0.15, 0.2) is 42.0 Å². The molecule has 0 aliphatic heterocycles. The molecule has 4 aliphatic carbocycles. The Hall–Kier alpha value is -1.08. The summed E-state index contributed by atoms with van der Waals surface area (Å²) in [5, 5.41) is 10.2. The molecule has 0 aromatic heterocycles. The zero-order valence-corrected chi connectivity index (χ0v) is 18.7. The topological polar surface area (TPSA) is 20.2 Å². The van der Waals surface area contributed by atoms with Crippen LogP contribution in [0, 0.1) is 40.4 Å². The lowest BCUT2D eigenvalue weighted by molar-refractivity contribution is -0.0566. The number of aliphatic hydroxyl groups excluding tert-OH is 1. The van der Waals surface area contributed by atoms with Crippen LogP contribution < -0.4 is 0 Å². The van der Waals surface area contributed by atoms with Crippen molar-refractivity contribution in [2.45, 2.75) is 84.7 Å². The first-order chi connectivity index (χ1) is 13.9. The van der Waals surface area contributed by atoms with Gasteiger partial charge in [0.25, 0.3) is 0 Å². The van der Waals surface area contributed by atoms with E-state index in [1.807, 2.05) is 0 Å². The normalized spacial score (nSPS) is 45.0. The van der Waals surface area contributed by atoms with Crippen LogP contribution >= 0.6 is 0 Å². The summed E-state index contributed by atoms with van der Waals surface area (Å²) >= 11 is 0. The van der Waals surface area contributed by atoms with Crippen LogP contribution in [0.2, 0.25) is 0 Å². The highest BCUT2D eigenvalue weighted by Gasteiger charge is 2.59. The summed E-state index contributed by atoms with van der Waals surface area (Å²) in [6.07, 6.45) is 13.9.